The van der Waals surface area contributed by atoms with Crippen LogP contribution in [0.25, 0.3) is 0 Å². The van der Waals surface area contributed by atoms with Crippen LogP contribution in [0.3, 0.4) is 0 Å². The summed E-state index contributed by atoms with van der Waals surface area (Å²) in [6.45, 7) is 9.05. The Morgan fingerprint density at radius 2 is 1.80 bits per heavy atom. The van der Waals surface area contributed by atoms with Gasteiger partial charge in [-0.05, 0) is 73.4 Å². The quantitative estimate of drug-likeness (QED) is 0.418. The van der Waals surface area contributed by atoms with Crippen molar-refractivity contribution in [3.05, 3.63) is 77.9 Å². The van der Waals surface area contributed by atoms with Crippen LogP contribution >= 0.6 is 0 Å². The van der Waals surface area contributed by atoms with Gasteiger partial charge in [0.05, 0.1) is 18.2 Å². The number of amides is 2. The lowest BCUT2D eigenvalue weighted by Crippen LogP contribution is -2.28. The van der Waals surface area contributed by atoms with Crippen LogP contribution in [0.15, 0.2) is 66.7 Å². The molecular weight excluding hydrogens is 440 g/mol. The van der Waals surface area contributed by atoms with E-state index in [1.54, 1.807) is 4.90 Å². The molecule has 182 valence electrons. The van der Waals surface area contributed by atoms with Crippen molar-refractivity contribution in [2.45, 2.75) is 40.0 Å². The van der Waals surface area contributed by atoms with E-state index in [1.807, 2.05) is 68.4 Å². The molecule has 0 aliphatic carbocycles. The first-order valence-electron chi connectivity index (χ1n) is 12.1. The Balaban J connectivity index is 1.41. The molecule has 1 atom stereocenters. The fourth-order valence-electron chi connectivity index (χ4n) is 4.26. The van der Waals surface area contributed by atoms with Gasteiger partial charge in [-0.1, -0.05) is 38.1 Å². The van der Waals surface area contributed by atoms with Crippen molar-refractivity contribution >= 4 is 23.2 Å². The molecule has 2 amide bonds. The van der Waals surface area contributed by atoms with Crippen molar-refractivity contribution in [2.75, 3.05) is 23.4 Å². The standard InChI is InChI=1S/C29H32N2O4/c1-5-34-26-9-7-6-8-25(26)31-18-21(17-28(31)32)29(33)30-22-11-13-23(14-12-22)35-27-16-20(4)10-15-24(27)19(2)3/h6-16,19,21H,5,17-18H2,1-4H3,(H,30,33)/t21-/m1/s1. The minimum absolute atomic E-state index is 0.0832. The first-order valence-corrected chi connectivity index (χ1v) is 12.1. The molecular formula is C29H32N2O4. The van der Waals surface area contributed by atoms with E-state index >= 15 is 0 Å². The molecule has 0 unspecified atom stereocenters. The SMILES string of the molecule is CCOc1ccccc1N1C[C@H](C(=O)Nc2ccc(Oc3cc(C)ccc3C(C)C)cc2)CC1=O. The minimum atomic E-state index is -0.436. The van der Waals surface area contributed by atoms with E-state index in [1.165, 1.54) is 0 Å². The molecule has 0 aromatic heterocycles. The fraction of sp³-hybridized carbons (Fsp3) is 0.310. The third-order valence-electron chi connectivity index (χ3n) is 6.09. The van der Waals surface area contributed by atoms with E-state index in [2.05, 4.69) is 31.3 Å². The summed E-state index contributed by atoms with van der Waals surface area (Å²) in [6.07, 6.45) is 0.166. The molecule has 0 spiro atoms. The average Bonchev–Trinajstić information content (AvgIpc) is 3.22. The van der Waals surface area contributed by atoms with Gasteiger partial charge in [-0.3, -0.25) is 9.59 Å². The molecule has 3 aromatic carbocycles. The number of carbonyl (C=O) groups is 2. The molecule has 3 aromatic rings. The summed E-state index contributed by atoms with van der Waals surface area (Å²) < 4.78 is 11.8. The number of nitrogens with zero attached hydrogens (tertiary/aromatic N) is 1. The topological polar surface area (TPSA) is 67.9 Å². The van der Waals surface area contributed by atoms with Crippen LogP contribution in [-0.4, -0.2) is 25.0 Å². The molecule has 35 heavy (non-hydrogen) atoms. The van der Waals surface area contributed by atoms with Gasteiger partial charge in [0.25, 0.3) is 0 Å². The van der Waals surface area contributed by atoms with E-state index in [-0.39, 0.29) is 18.2 Å². The summed E-state index contributed by atoms with van der Waals surface area (Å²) in [5, 5.41) is 2.94. The Bertz CT molecular complexity index is 1200. The maximum absolute atomic E-state index is 12.9. The number of benzene rings is 3. The number of rotatable bonds is 8. The molecule has 0 radical (unpaired) electrons. The molecule has 4 rings (SSSR count). The zero-order chi connectivity index (χ0) is 24.9. The Kier molecular flexibility index (Phi) is 7.39. The summed E-state index contributed by atoms with van der Waals surface area (Å²) in [7, 11) is 0. The van der Waals surface area contributed by atoms with Crippen molar-refractivity contribution in [3.63, 3.8) is 0 Å². The average molecular weight is 473 g/mol. The minimum Gasteiger partial charge on any atom is -0.492 e. The number of ether oxygens (including phenoxy) is 2. The third-order valence-corrected chi connectivity index (χ3v) is 6.09. The molecule has 0 bridgehead atoms. The lowest BCUT2D eigenvalue weighted by molar-refractivity contribution is -0.122. The summed E-state index contributed by atoms with van der Waals surface area (Å²) in [6, 6.07) is 21.0. The van der Waals surface area contributed by atoms with Crippen LogP contribution in [0.5, 0.6) is 17.2 Å². The van der Waals surface area contributed by atoms with Crippen LogP contribution in [0.4, 0.5) is 11.4 Å². The smallest absolute Gasteiger partial charge is 0.229 e. The lowest BCUT2D eigenvalue weighted by atomic mass is 10.0. The van der Waals surface area contributed by atoms with Crippen LogP contribution in [0.2, 0.25) is 0 Å². The van der Waals surface area contributed by atoms with Gasteiger partial charge >= 0.3 is 0 Å². The van der Waals surface area contributed by atoms with Gasteiger partial charge in [0.2, 0.25) is 11.8 Å². The maximum Gasteiger partial charge on any atom is 0.229 e. The van der Waals surface area contributed by atoms with Crippen LogP contribution < -0.4 is 19.7 Å². The van der Waals surface area contributed by atoms with Crippen molar-refractivity contribution in [1.29, 1.82) is 0 Å². The largest absolute Gasteiger partial charge is 0.492 e. The predicted octanol–water partition coefficient (Wildman–Crippen LogP) is 6.30. The van der Waals surface area contributed by atoms with E-state index in [0.29, 0.717) is 41.9 Å². The molecule has 1 aliphatic rings. The number of anilines is 2. The van der Waals surface area contributed by atoms with Crippen LogP contribution in [0.1, 0.15) is 44.2 Å². The van der Waals surface area contributed by atoms with Gasteiger partial charge in [-0.25, -0.2) is 0 Å². The summed E-state index contributed by atoms with van der Waals surface area (Å²) in [5.74, 6) is 1.84. The van der Waals surface area contributed by atoms with E-state index in [4.69, 9.17) is 9.47 Å². The number of hydrogen-bond donors (Lipinski definition) is 1. The van der Waals surface area contributed by atoms with Crippen molar-refractivity contribution in [2.24, 2.45) is 5.92 Å². The second-order valence-electron chi connectivity index (χ2n) is 9.12. The van der Waals surface area contributed by atoms with Gasteiger partial charge < -0.3 is 19.7 Å². The highest BCUT2D eigenvalue weighted by Gasteiger charge is 2.36. The van der Waals surface area contributed by atoms with Crippen molar-refractivity contribution < 1.29 is 19.1 Å². The molecule has 1 aliphatic heterocycles. The Labute approximate surface area is 206 Å². The van der Waals surface area contributed by atoms with Gasteiger partial charge in [-0.2, -0.15) is 0 Å². The number of carbonyl (C=O) groups excluding carboxylic acids is 2. The van der Waals surface area contributed by atoms with Crippen LogP contribution in [-0.2, 0) is 9.59 Å². The first kappa shape index (κ1) is 24.3. The Morgan fingerprint density at radius 3 is 2.51 bits per heavy atom. The highest BCUT2D eigenvalue weighted by atomic mass is 16.5. The lowest BCUT2D eigenvalue weighted by Gasteiger charge is -2.20. The van der Waals surface area contributed by atoms with E-state index in [9.17, 15) is 9.59 Å². The summed E-state index contributed by atoms with van der Waals surface area (Å²) in [5.41, 5.74) is 3.65. The van der Waals surface area contributed by atoms with E-state index < -0.39 is 5.92 Å². The van der Waals surface area contributed by atoms with E-state index in [0.717, 1.165) is 16.9 Å². The normalized spacial score (nSPS) is 15.4. The predicted molar refractivity (Wildman–Crippen MR) is 138 cm³/mol. The number of hydrogen-bond acceptors (Lipinski definition) is 4. The second-order valence-corrected chi connectivity index (χ2v) is 9.12. The van der Waals surface area contributed by atoms with Gasteiger partial charge in [0.1, 0.15) is 17.2 Å². The molecule has 1 heterocycles. The molecule has 0 saturated carbocycles. The van der Waals surface area contributed by atoms with Gasteiger partial charge in [0.15, 0.2) is 0 Å². The van der Waals surface area contributed by atoms with Crippen molar-refractivity contribution in [3.8, 4) is 17.2 Å². The monoisotopic (exact) mass is 472 g/mol. The highest BCUT2D eigenvalue weighted by molar-refractivity contribution is 6.04. The maximum atomic E-state index is 12.9. The third kappa shape index (κ3) is 5.65. The van der Waals surface area contributed by atoms with Gasteiger partial charge in [-0.15, -0.1) is 0 Å². The van der Waals surface area contributed by atoms with Crippen molar-refractivity contribution in [1.82, 2.24) is 0 Å². The first-order chi connectivity index (χ1) is 16.9. The molecule has 1 fully saturated rings. The Morgan fingerprint density at radius 1 is 1.06 bits per heavy atom. The number of para-hydroxylation sites is 2. The summed E-state index contributed by atoms with van der Waals surface area (Å²) >= 11 is 0. The zero-order valence-electron chi connectivity index (χ0n) is 20.7. The molecule has 1 N–H and O–H groups in total. The van der Waals surface area contributed by atoms with Crippen LogP contribution in [0, 0.1) is 12.8 Å². The molecule has 1 saturated heterocycles. The molecule has 6 nitrogen and oxygen atoms in total. The number of nitrogens with one attached hydrogen (secondary N) is 1. The molecule has 6 heteroatoms. The highest BCUT2D eigenvalue weighted by Crippen LogP contribution is 2.34. The van der Waals surface area contributed by atoms with Gasteiger partial charge in [0, 0.05) is 18.7 Å². The zero-order valence-corrected chi connectivity index (χ0v) is 20.7. The second kappa shape index (κ2) is 10.6. The fourth-order valence-corrected chi connectivity index (χ4v) is 4.26. The Hall–Kier alpha value is -3.80. The summed E-state index contributed by atoms with van der Waals surface area (Å²) in [4.78, 5) is 27.3. The number of aryl methyl sites for hydroxylation is 1.